The minimum absolute atomic E-state index is 0.0335. The van der Waals surface area contributed by atoms with Crippen LogP contribution in [0.3, 0.4) is 0 Å². The number of hydrogen-bond acceptors (Lipinski definition) is 5. The Morgan fingerprint density at radius 3 is 2.41 bits per heavy atom. The first-order valence-corrected chi connectivity index (χ1v) is 10.9. The Balaban J connectivity index is 0.000000406. The average molecular weight is 491 g/mol. The van der Waals surface area contributed by atoms with E-state index in [1.165, 1.54) is 0 Å². The van der Waals surface area contributed by atoms with Gasteiger partial charge in [0.2, 0.25) is 0 Å². The van der Waals surface area contributed by atoms with Crippen LogP contribution >= 0.6 is 11.3 Å². The van der Waals surface area contributed by atoms with E-state index in [0.29, 0.717) is 0 Å². The molecule has 0 radical (unpaired) electrons. The zero-order valence-corrected chi connectivity index (χ0v) is 18.8. The summed E-state index contributed by atoms with van der Waals surface area (Å²) >= 11 is 1.55. The first-order chi connectivity index (χ1) is 16.1. The topological polar surface area (TPSA) is 115 Å². The molecule has 0 aliphatic rings. The maximum Gasteiger partial charge on any atom is 0.430 e. The summed E-state index contributed by atoms with van der Waals surface area (Å²) < 4.78 is 31.5. The third-order valence-corrected chi connectivity index (χ3v) is 5.07. The van der Waals surface area contributed by atoms with Crippen LogP contribution in [0.15, 0.2) is 59.4 Å². The number of alkyl halides is 3. The summed E-state index contributed by atoms with van der Waals surface area (Å²) in [6.07, 6.45) is -5.19. The second-order valence-corrected chi connectivity index (χ2v) is 7.99. The van der Waals surface area contributed by atoms with E-state index in [0.717, 1.165) is 33.9 Å². The third-order valence-electron chi connectivity index (χ3n) is 4.48. The van der Waals surface area contributed by atoms with Crippen molar-refractivity contribution in [1.82, 2.24) is 9.97 Å². The maximum atomic E-state index is 12.9. The van der Waals surface area contributed by atoms with Gasteiger partial charge in [0.25, 0.3) is 0 Å². The molecule has 4 aromatic rings. The summed E-state index contributed by atoms with van der Waals surface area (Å²) in [5.41, 5.74) is 6.13. The number of carbonyl (C=O) groups excluding carboxylic acids is 2. The molecule has 2 aromatic carbocycles. The molecule has 178 valence electrons. The largest absolute Gasteiger partial charge is 0.542 e. The predicted octanol–water partition coefficient (Wildman–Crippen LogP) is 3.85. The summed E-state index contributed by atoms with van der Waals surface area (Å²) in [7, 11) is 0. The number of nitrogens with zero attached hydrogens (tertiary/aromatic N) is 2. The molecule has 0 fully saturated rings. The Morgan fingerprint density at radius 1 is 1.18 bits per heavy atom. The Labute approximate surface area is 196 Å². The molecule has 0 spiro atoms. The number of carbonyl (C=O) groups is 2. The number of anilines is 2. The Kier molecular flexibility index (Phi) is 7.51. The highest BCUT2D eigenvalue weighted by Crippen LogP contribution is 2.22. The van der Waals surface area contributed by atoms with Gasteiger partial charge in [-0.15, -0.1) is 11.3 Å². The molecule has 2 heterocycles. The number of amides is 2. The van der Waals surface area contributed by atoms with Gasteiger partial charge in [0.05, 0.1) is 5.51 Å². The van der Waals surface area contributed by atoms with E-state index in [1.54, 1.807) is 21.7 Å². The fourth-order valence-corrected chi connectivity index (χ4v) is 3.56. The first kappa shape index (κ1) is 24.7. The minimum atomic E-state index is -5.19. The summed E-state index contributed by atoms with van der Waals surface area (Å²) in [6, 6.07) is 15.3. The first-order valence-electron chi connectivity index (χ1n) is 9.93. The van der Waals surface area contributed by atoms with Crippen molar-refractivity contribution in [1.29, 1.82) is 0 Å². The number of benzene rings is 2. The number of nitrogens with one attached hydrogen (secondary N) is 3. The number of H-pyrrole nitrogens is 2. The van der Waals surface area contributed by atoms with Crippen LogP contribution in [-0.4, -0.2) is 34.2 Å². The highest BCUT2D eigenvalue weighted by Gasteiger charge is 2.28. The van der Waals surface area contributed by atoms with E-state index in [2.05, 4.69) is 20.3 Å². The van der Waals surface area contributed by atoms with Crippen LogP contribution < -0.4 is 20.3 Å². The van der Waals surface area contributed by atoms with Crippen LogP contribution in [0.2, 0.25) is 0 Å². The van der Waals surface area contributed by atoms with Gasteiger partial charge in [-0.3, -0.25) is 4.90 Å². The molecule has 0 saturated carbocycles. The van der Waals surface area contributed by atoms with E-state index in [9.17, 15) is 18.0 Å². The van der Waals surface area contributed by atoms with Gasteiger partial charge in [-0.1, -0.05) is 18.2 Å². The summed E-state index contributed by atoms with van der Waals surface area (Å²) in [5, 5.41) is 13.8. The van der Waals surface area contributed by atoms with Crippen molar-refractivity contribution >= 4 is 45.7 Å². The molecule has 0 saturated heterocycles. The molecule has 34 heavy (non-hydrogen) atoms. The zero-order valence-electron chi connectivity index (χ0n) is 18.0. The van der Waals surface area contributed by atoms with Crippen molar-refractivity contribution in [3.63, 3.8) is 0 Å². The Bertz CT molecular complexity index is 1260. The van der Waals surface area contributed by atoms with Gasteiger partial charge in [0.1, 0.15) is 5.97 Å². The van der Waals surface area contributed by atoms with Crippen molar-refractivity contribution in [3.8, 4) is 11.5 Å². The van der Waals surface area contributed by atoms with Crippen LogP contribution in [0.25, 0.3) is 22.6 Å². The molecule has 0 aliphatic heterocycles. The van der Waals surface area contributed by atoms with E-state index >= 15 is 0 Å². The fourth-order valence-electron chi connectivity index (χ4n) is 3.02. The number of rotatable bonds is 4. The van der Waals surface area contributed by atoms with E-state index in [1.807, 2.05) is 67.8 Å². The molecule has 0 bridgehead atoms. The quantitative estimate of drug-likeness (QED) is 0.451. The number of aromatic nitrogens is 3. The smallest absolute Gasteiger partial charge is 0.430 e. The van der Waals surface area contributed by atoms with Crippen LogP contribution in [0.4, 0.5) is 29.3 Å². The number of urea groups is 1. The highest BCUT2D eigenvalue weighted by atomic mass is 32.1. The second kappa shape index (κ2) is 10.3. The number of thiazole rings is 1. The number of fused-ring (bicyclic) bond motifs is 1. The molecular formula is C22H20F3N5O3S. The van der Waals surface area contributed by atoms with Crippen LogP contribution in [0, 0.1) is 0 Å². The lowest BCUT2D eigenvalue weighted by molar-refractivity contribution is -0.344. The summed E-state index contributed by atoms with van der Waals surface area (Å²) in [6.45, 7) is 3.99. The molecule has 0 unspecified atom stereocenters. The number of carboxylic acid groups (broad SMARTS) is 1. The zero-order chi connectivity index (χ0) is 24.9. The average Bonchev–Trinajstić information content (AvgIpc) is 3.43. The lowest BCUT2D eigenvalue weighted by Gasteiger charge is -2.27. The summed E-state index contributed by atoms with van der Waals surface area (Å²) in [5.74, 6) is -2.16. The summed E-state index contributed by atoms with van der Waals surface area (Å²) in [4.78, 5) is 34.3. The number of hydrogen-bond donors (Lipinski definition) is 2. The van der Waals surface area contributed by atoms with Gasteiger partial charge in [0.15, 0.2) is 16.7 Å². The molecule has 12 heteroatoms. The van der Waals surface area contributed by atoms with Gasteiger partial charge in [-0.2, -0.15) is 13.2 Å². The third kappa shape index (κ3) is 6.10. The number of imidazole rings is 1. The van der Waals surface area contributed by atoms with E-state index < -0.39 is 12.1 Å². The van der Waals surface area contributed by atoms with Crippen molar-refractivity contribution in [2.45, 2.75) is 26.1 Å². The van der Waals surface area contributed by atoms with Crippen molar-refractivity contribution in [3.05, 3.63) is 59.4 Å². The molecule has 8 nitrogen and oxygen atoms in total. The Morgan fingerprint density at radius 2 is 1.85 bits per heavy atom. The number of aromatic amines is 2. The minimum Gasteiger partial charge on any atom is -0.542 e. The molecular weight excluding hydrogens is 471 g/mol. The SMILES string of the molecule is CC(C)N(C(=O)Nc1ccc2[nH+]c(-c3cscn3)[nH]c2c1)c1ccccc1.O=C([O-])C(F)(F)F. The Hall–Kier alpha value is -3.93. The standard InChI is InChI=1S/C20H19N5OS.C2HF3O2/c1-13(2)25(15-6-4-3-5-7-15)20(26)22-14-8-9-16-17(10-14)24-19(23-16)18-11-27-12-21-18;3-2(4,5)1(6)7/h3-13H,1-2H3,(H,22,26)(H,23,24);(H,6,7). The van der Waals surface area contributed by atoms with Crippen molar-refractivity contribution < 1.29 is 32.9 Å². The van der Waals surface area contributed by atoms with Crippen LogP contribution in [0.5, 0.6) is 0 Å². The molecule has 0 atom stereocenters. The number of carboxylic acids is 1. The van der Waals surface area contributed by atoms with Crippen molar-refractivity contribution in [2.75, 3.05) is 10.2 Å². The maximum absolute atomic E-state index is 12.9. The lowest BCUT2D eigenvalue weighted by Crippen LogP contribution is -2.40. The van der Waals surface area contributed by atoms with Crippen LogP contribution in [-0.2, 0) is 4.79 Å². The predicted molar refractivity (Wildman–Crippen MR) is 120 cm³/mol. The van der Waals surface area contributed by atoms with Crippen molar-refractivity contribution in [2.24, 2.45) is 0 Å². The number of aliphatic carboxylic acids is 1. The van der Waals surface area contributed by atoms with E-state index in [-0.39, 0.29) is 12.1 Å². The van der Waals surface area contributed by atoms with E-state index in [4.69, 9.17) is 9.90 Å². The number of halogens is 3. The lowest BCUT2D eigenvalue weighted by atomic mass is 10.2. The van der Waals surface area contributed by atoms with Gasteiger partial charge in [0, 0.05) is 28.9 Å². The monoisotopic (exact) mass is 491 g/mol. The normalized spacial score (nSPS) is 11.1. The molecule has 0 aliphatic carbocycles. The van der Waals surface area contributed by atoms with Crippen LogP contribution in [0.1, 0.15) is 13.8 Å². The molecule has 4 rings (SSSR count). The molecule has 3 N–H and O–H groups in total. The molecule has 2 aromatic heterocycles. The van der Waals surface area contributed by atoms with Gasteiger partial charge < -0.3 is 15.2 Å². The fraction of sp³-hybridized carbons (Fsp3) is 0.182. The van der Waals surface area contributed by atoms with Gasteiger partial charge in [-0.25, -0.2) is 19.7 Å². The number of para-hydroxylation sites is 1. The highest BCUT2D eigenvalue weighted by molar-refractivity contribution is 7.07. The second-order valence-electron chi connectivity index (χ2n) is 7.27. The van der Waals surface area contributed by atoms with Gasteiger partial charge >= 0.3 is 18.0 Å². The molecule has 2 amide bonds. The van der Waals surface area contributed by atoms with Gasteiger partial charge in [-0.05, 0) is 38.1 Å².